The van der Waals surface area contributed by atoms with Crippen LogP contribution in [-0.2, 0) is 37.5 Å². The minimum atomic E-state index is -4.73. The van der Waals surface area contributed by atoms with Crippen LogP contribution in [0, 0.1) is 0 Å². The summed E-state index contributed by atoms with van der Waals surface area (Å²) in [5.41, 5.74) is 5.34. The molecule has 0 fully saturated rings. The van der Waals surface area contributed by atoms with Crippen LogP contribution < -0.4 is 5.73 Å². The van der Waals surface area contributed by atoms with E-state index in [1.54, 1.807) is 0 Å². The van der Waals surface area contributed by atoms with Gasteiger partial charge in [-0.2, -0.15) is 0 Å². The molecule has 0 aliphatic carbocycles. The third-order valence-electron chi connectivity index (χ3n) is 9.44. The number of hydrogen-bond donors (Lipinski definition) is 3. The van der Waals surface area contributed by atoms with Crippen LogP contribution in [-0.4, -0.2) is 59.9 Å². The molecule has 3 atom stereocenters. The van der Waals surface area contributed by atoms with Crippen molar-refractivity contribution in [2.75, 3.05) is 19.8 Å². The van der Waals surface area contributed by atoms with E-state index in [4.69, 9.17) is 24.8 Å². The summed E-state index contributed by atoms with van der Waals surface area (Å²) in [6.07, 6.45) is 51.1. The summed E-state index contributed by atoms with van der Waals surface area (Å²) in [6, 6.07) is -1.53. The number of carboxylic acids is 1. The summed E-state index contributed by atoms with van der Waals surface area (Å²) in [6.45, 7) is 2.63. The zero-order chi connectivity index (χ0) is 44.2. The van der Waals surface area contributed by atoms with Gasteiger partial charge in [0.05, 0.1) is 13.2 Å². The molecule has 4 N–H and O–H groups in total. The summed E-state index contributed by atoms with van der Waals surface area (Å²) in [7, 11) is -4.73. The van der Waals surface area contributed by atoms with E-state index in [-0.39, 0.29) is 19.4 Å². The Morgan fingerprint density at radius 3 is 1.47 bits per heavy atom. The molecule has 0 aromatic carbocycles. The lowest BCUT2D eigenvalue weighted by Crippen LogP contribution is -2.34. The fourth-order valence-electron chi connectivity index (χ4n) is 5.86. The van der Waals surface area contributed by atoms with Gasteiger partial charge in [0, 0.05) is 12.8 Å². The highest BCUT2D eigenvalue weighted by Gasteiger charge is 2.28. The standard InChI is InChI=1S/C48H82NO10P/c1-3-5-7-9-11-13-15-17-19-21-22-24-26-28-30-32-34-36-38-40-47(51)59-44(42-57-60(54,55)58-43-45(49)48(52)53)41-56-46(50)39-37-35-33-31-29-27-25-23-20-18-16-14-12-10-8-6-4-2/h6,8,12,14,17-20,25,27,31,33,44-45H,3-5,7,9-11,13,15-16,21-24,26,28-30,32,34-43,49H2,1-2H3,(H,52,53)(H,54,55)/b8-6+,14-12+,19-17+,20-18+,27-25+,33-31+/t44-,45+/m1/s1. The van der Waals surface area contributed by atoms with Crippen LogP contribution in [0.5, 0.6) is 0 Å². The normalized spacial score (nSPS) is 14.3. The van der Waals surface area contributed by atoms with Crippen molar-refractivity contribution in [1.29, 1.82) is 0 Å². The van der Waals surface area contributed by atoms with Gasteiger partial charge in [-0.1, -0.05) is 164 Å². The zero-order valence-corrected chi connectivity index (χ0v) is 38.2. The number of nitrogens with two attached hydrogens (primary N) is 1. The molecule has 1 unspecified atom stereocenters. The summed E-state index contributed by atoms with van der Waals surface area (Å²) < 4.78 is 32.7. The predicted octanol–water partition coefficient (Wildman–Crippen LogP) is 12.5. The third kappa shape index (κ3) is 41.6. The molecule has 0 radical (unpaired) electrons. The molecule has 60 heavy (non-hydrogen) atoms. The van der Waals surface area contributed by atoms with E-state index in [9.17, 15) is 23.8 Å². The van der Waals surface area contributed by atoms with Crippen molar-refractivity contribution in [1.82, 2.24) is 0 Å². The van der Waals surface area contributed by atoms with E-state index in [0.29, 0.717) is 19.3 Å². The molecule has 11 nitrogen and oxygen atoms in total. The second kappa shape index (κ2) is 42.6. The van der Waals surface area contributed by atoms with E-state index in [0.717, 1.165) is 51.4 Å². The van der Waals surface area contributed by atoms with Gasteiger partial charge in [-0.25, -0.2) is 4.57 Å². The van der Waals surface area contributed by atoms with Crippen molar-refractivity contribution in [3.63, 3.8) is 0 Å². The van der Waals surface area contributed by atoms with Crippen LogP contribution in [0.15, 0.2) is 72.9 Å². The highest BCUT2D eigenvalue weighted by molar-refractivity contribution is 7.47. The molecule has 0 saturated carbocycles. The molecule has 0 aromatic heterocycles. The van der Waals surface area contributed by atoms with Crippen molar-refractivity contribution in [3.05, 3.63) is 72.9 Å². The fraction of sp³-hybridized carbons (Fsp3) is 0.688. The Labute approximate surface area is 363 Å². The number of phosphoric ester groups is 1. The SMILES string of the molecule is CC/C=C/C/C=C/C/C=C/C/C=C/C/C=C/CCCC(=O)OC[C@H](COP(=O)(O)OC[C@H](N)C(=O)O)OC(=O)CCCCCCCCCCC/C=C/CCCCCCCC. The van der Waals surface area contributed by atoms with Crippen LogP contribution >= 0.6 is 7.82 Å². The van der Waals surface area contributed by atoms with Gasteiger partial charge in [0.25, 0.3) is 0 Å². The van der Waals surface area contributed by atoms with E-state index < -0.39 is 51.1 Å². The Balaban J connectivity index is 4.42. The molecule has 0 saturated heterocycles. The summed E-state index contributed by atoms with van der Waals surface area (Å²) in [5.74, 6) is -2.46. The predicted molar refractivity (Wildman–Crippen MR) is 244 cm³/mol. The first kappa shape index (κ1) is 56.9. The molecule has 0 aromatic rings. The maximum Gasteiger partial charge on any atom is 0.472 e. The number of allylic oxidation sites excluding steroid dienone is 12. The Morgan fingerprint density at radius 2 is 0.950 bits per heavy atom. The number of hydrogen-bond acceptors (Lipinski definition) is 9. The largest absolute Gasteiger partial charge is 0.480 e. The number of phosphoric acid groups is 1. The molecule has 0 bridgehead atoms. The number of carboxylic acid groups (broad SMARTS) is 1. The van der Waals surface area contributed by atoms with Crippen LogP contribution in [0.25, 0.3) is 0 Å². The summed E-state index contributed by atoms with van der Waals surface area (Å²) in [5, 5.41) is 8.90. The first-order valence-corrected chi connectivity index (χ1v) is 24.5. The minimum Gasteiger partial charge on any atom is -0.480 e. The van der Waals surface area contributed by atoms with Gasteiger partial charge in [0.1, 0.15) is 12.6 Å². The maximum absolute atomic E-state index is 12.7. The fourth-order valence-corrected chi connectivity index (χ4v) is 6.64. The number of esters is 2. The van der Waals surface area contributed by atoms with Crippen LogP contribution in [0.2, 0.25) is 0 Å². The van der Waals surface area contributed by atoms with Gasteiger partial charge in [-0.05, 0) is 77.0 Å². The molecule has 344 valence electrons. The van der Waals surface area contributed by atoms with Gasteiger partial charge in [0.15, 0.2) is 6.10 Å². The Morgan fingerprint density at radius 1 is 0.533 bits per heavy atom. The second-order valence-corrected chi connectivity index (χ2v) is 16.6. The van der Waals surface area contributed by atoms with Gasteiger partial charge in [-0.3, -0.25) is 23.4 Å². The topological polar surface area (TPSA) is 172 Å². The highest BCUT2D eigenvalue weighted by Crippen LogP contribution is 2.43. The van der Waals surface area contributed by atoms with Crippen molar-refractivity contribution in [2.24, 2.45) is 5.73 Å². The smallest absolute Gasteiger partial charge is 0.472 e. The molecular formula is C48H82NO10P. The van der Waals surface area contributed by atoms with Crippen molar-refractivity contribution in [2.45, 2.75) is 193 Å². The lowest BCUT2D eigenvalue weighted by atomic mass is 10.1. The average Bonchev–Trinajstić information content (AvgIpc) is 3.22. The molecule has 0 aliphatic rings. The van der Waals surface area contributed by atoms with Gasteiger partial charge < -0.3 is 25.2 Å². The summed E-state index contributed by atoms with van der Waals surface area (Å²) in [4.78, 5) is 46.0. The van der Waals surface area contributed by atoms with Crippen molar-refractivity contribution < 1.29 is 47.5 Å². The van der Waals surface area contributed by atoms with E-state index >= 15 is 0 Å². The summed E-state index contributed by atoms with van der Waals surface area (Å²) >= 11 is 0. The number of rotatable bonds is 42. The number of carbonyl (C=O) groups is 3. The number of ether oxygens (including phenoxy) is 2. The van der Waals surface area contributed by atoms with E-state index in [1.807, 2.05) is 12.2 Å². The monoisotopic (exact) mass is 864 g/mol. The number of carbonyl (C=O) groups excluding carboxylic acids is 2. The van der Waals surface area contributed by atoms with Crippen LogP contribution in [0.3, 0.4) is 0 Å². The Hall–Kier alpha value is -3.08. The molecule has 0 aliphatic heterocycles. The Kier molecular flexibility index (Phi) is 40.4. The van der Waals surface area contributed by atoms with Crippen molar-refractivity contribution >= 4 is 25.7 Å². The lowest BCUT2D eigenvalue weighted by Gasteiger charge is -2.20. The molecule has 0 amide bonds. The quantitative estimate of drug-likeness (QED) is 0.0231. The van der Waals surface area contributed by atoms with E-state index in [1.165, 1.54) is 83.5 Å². The Bertz CT molecular complexity index is 1290. The van der Waals surface area contributed by atoms with Gasteiger partial charge in [0.2, 0.25) is 0 Å². The molecule has 0 heterocycles. The molecule has 12 heteroatoms. The first-order chi connectivity index (χ1) is 29.1. The first-order valence-electron chi connectivity index (χ1n) is 23.0. The molecular weight excluding hydrogens is 781 g/mol. The average molecular weight is 864 g/mol. The maximum atomic E-state index is 12.7. The van der Waals surface area contributed by atoms with Crippen molar-refractivity contribution in [3.8, 4) is 0 Å². The lowest BCUT2D eigenvalue weighted by molar-refractivity contribution is -0.161. The van der Waals surface area contributed by atoms with E-state index in [2.05, 4.69) is 79.1 Å². The second-order valence-electron chi connectivity index (χ2n) is 15.1. The minimum absolute atomic E-state index is 0.140. The number of unbranched alkanes of at least 4 members (excludes halogenated alkanes) is 16. The van der Waals surface area contributed by atoms with Gasteiger partial charge in [-0.15, -0.1) is 0 Å². The molecule has 0 rings (SSSR count). The van der Waals surface area contributed by atoms with Crippen LogP contribution in [0.1, 0.15) is 181 Å². The molecule has 0 spiro atoms. The van der Waals surface area contributed by atoms with Crippen LogP contribution in [0.4, 0.5) is 0 Å². The number of aliphatic carboxylic acids is 1. The van der Waals surface area contributed by atoms with Gasteiger partial charge >= 0.3 is 25.7 Å². The third-order valence-corrected chi connectivity index (χ3v) is 10.4. The highest BCUT2D eigenvalue weighted by atomic mass is 31.2. The zero-order valence-electron chi connectivity index (χ0n) is 37.3.